The Kier molecular flexibility index (Phi) is 4.12. The van der Waals surface area contributed by atoms with Gasteiger partial charge in [-0.05, 0) is 44.0 Å². The second-order valence-electron chi connectivity index (χ2n) is 5.83. The van der Waals surface area contributed by atoms with E-state index in [9.17, 15) is 4.79 Å². The van der Waals surface area contributed by atoms with E-state index in [4.69, 9.17) is 6.42 Å². The largest absolute Gasteiger partial charge is 0.305 e. The van der Waals surface area contributed by atoms with E-state index in [1.807, 2.05) is 11.5 Å². The van der Waals surface area contributed by atoms with E-state index >= 15 is 0 Å². The molecule has 0 N–H and O–H groups in total. The number of aromatic nitrogens is 3. The van der Waals surface area contributed by atoms with E-state index in [0.717, 1.165) is 15.8 Å². The standard InChI is InChI=1S/C18H18N4OS/c1-6-7-22-14-8-11(2)12(3)9-15(14)24-18(22)19-17(23)16-13(4)10-21(5)20-16/h1,8-10H,7H2,2-5H3. The zero-order chi connectivity index (χ0) is 17.4. The van der Waals surface area contributed by atoms with Crippen molar-refractivity contribution in [2.45, 2.75) is 27.3 Å². The minimum Gasteiger partial charge on any atom is -0.305 e. The average molecular weight is 338 g/mol. The second kappa shape index (κ2) is 6.10. The predicted molar refractivity (Wildman–Crippen MR) is 96.0 cm³/mol. The maximum Gasteiger partial charge on any atom is 0.300 e. The topological polar surface area (TPSA) is 52.2 Å². The summed E-state index contributed by atoms with van der Waals surface area (Å²) in [4.78, 5) is 17.4. The number of thiazole rings is 1. The number of carbonyl (C=O) groups is 1. The second-order valence-corrected chi connectivity index (χ2v) is 6.84. The highest BCUT2D eigenvalue weighted by Crippen LogP contribution is 2.22. The molecule has 2 aromatic heterocycles. The lowest BCUT2D eigenvalue weighted by Crippen LogP contribution is -2.17. The summed E-state index contributed by atoms with van der Waals surface area (Å²) >= 11 is 1.47. The van der Waals surface area contributed by atoms with Gasteiger partial charge in [-0.15, -0.1) is 6.42 Å². The summed E-state index contributed by atoms with van der Waals surface area (Å²) in [6.07, 6.45) is 7.31. The van der Waals surface area contributed by atoms with Gasteiger partial charge in [0, 0.05) is 18.8 Å². The lowest BCUT2D eigenvalue weighted by atomic mass is 10.1. The lowest BCUT2D eigenvalue weighted by molar-refractivity contribution is 0.0992. The summed E-state index contributed by atoms with van der Waals surface area (Å²) in [5, 5.41) is 4.19. The van der Waals surface area contributed by atoms with Gasteiger partial charge in [0.15, 0.2) is 10.5 Å². The maximum atomic E-state index is 12.5. The van der Waals surface area contributed by atoms with Crippen LogP contribution in [0.4, 0.5) is 0 Å². The first kappa shape index (κ1) is 16.2. The third kappa shape index (κ3) is 2.79. The smallest absolute Gasteiger partial charge is 0.300 e. The minimum atomic E-state index is -0.348. The molecule has 0 unspecified atom stereocenters. The van der Waals surface area contributed by atoms with Crippen LogP contribution >= 0.6 is 11.3 Å². The molecule has 0 bridgehead atoms. The van der Waals surface area contributed by atoms with Crippen LogP contribution in [-0.4, -0.2) is 20.3 Å². The summed E-state index contributed by atoms with van der Waals surface area (Å²) in [7, 11) is 1.79. The summed E-state index contributed by atoms with van der Waals surface area (Å²) in [5.41, 5.74) is 4.57. The maximum absolute atomic E-state index is 12.5. The molecule has 2 heterocycles. The molecular weight excluding hydrogens is 320 g/mol. The van der Waals surface area contributed by atoms with Crippen LogP contribution in [0.25, 0.3) is 10.2 Å². The highest BCUT2D eigenvalue weighted by molar-refractivity contribution is 7.16. The molecule has 0 fully saturated rings. The zero-order valence-corrected chi connectivity index (χ0v) is 14.9. The first-order chi connectivity index (χ1) is 11.4. The number of amides is 1. The summed E-state index contributed by atoms with van der Waals surface area (Å²) in [6, 6.07) is 4.20. The highest BCUT2D eigenvalue weighted by Gasteiger charge is 2.14. The molecule has 24 heavy (non-hydrogen) atoms. The minimum absolute atomic E-state index is 0.348. The number of nitrogens with zero attached hydrogens (tertiary/aromatic N) is 4. The van der Waals surface area contributed by atoms with Crippen LogP contribution in [0.1, 0.15) is 27.2 Å². The van der Waals surface area contributed by atoms with Gasteiger partial charge in [0.2, 0.25) is 0 Å². The molecule has 122 valence electrons. The van der Waals surface area contributed by atoms with Gasteiger partial charge >= 0.3 is 0 Å². The van der Waals surface area contributed by atoms with E-state index in [1.54, 1.807) is 17.9 Å². The van der Waals surface area contributed by atoms with E-state index in [1.165, 1.54) is 22.5 Å². The fraction of sp³-hybridized carbons (Fsp3) is 0.278. The Bertz CT molecular complexity index is 1060. The fourth-order valence-electron chi connectivity index (χ4n) is 2.61. The molecule has 0 radical (unpaired) electrons. The van der Waals surface area contributed by atoms with E-state index in [2.05, 4.69) is 42.0 Å². The predicted octanol–water partition coefficient (Wildman–Crippen LogP) is 2.74. The van der Waals surface area contributed by atoms with Crippen molar-refractivity contribution in [1.29, 1.82) is 0 Å². The number of aryl methyl sites for hydroxylation is 4. The number of hydrogen-bond donors (Lipinski definition) is 0. The van der Waals surface area contributed by atoms with Gasteiger partial charge in [-0.2, -0.15) is 10.1 Å². The van der Waals surface area contributed by atoms with Crippen LogP contribution in [0.5, 0.6) is 0 Å². The van der Waals surface area contributed by atoms with Crippen molar-refractivity contribution in [3.8, 4) is 12.3 Å². The number of fused-ring (bicyclic) bond motifs is 1. The van der Waals surface area contributed by atoms with Crippen molar-refractivity contribution in [1.82, 2.24) is 14.3 Å². The van der Waals surface area contributed by atoms with Crippen LogP contribution in [0, 0.1) is 33.1 Å². The fourth-order valence-corrected chi connectivity index (χ4v) is 3.72. The molecule has 0 saturated heterocycles. The Morgan fingerprint density at radius 1 is 1.29 bits per heavy atom. The summed E-state index contributed by atoms with van der Waals surface area (Å²) in [6.45, 7) is 6.35. The van der Waals surface area contributed by atoms with Crippen LogP contribution in [0.2, 0.25) is 0 Å². The Balaban J connectivity index is 2.21. The molecule has 0 spiro atoms. The van der Waals surface area contributed by atoms with Gasteiger partial charge in [-0.25, -0.2) is 0 Å². The SMILES string of the molecule is C#CCn1c(=NC(=O)c2nn(C)cc2C)sc2cc(C)c(C)cc21. The Morgan fingerprint density at radius 2 is 2.00 bits per heavy atom. The molecule has 0 atom stereocenters. The first-order valence-electron chi connectivity index (χ1n) is 7.54. The third-order valence-electron chi connectivity index (χ3n) is 3.96. The first-order valence-corrected chi connectivity index (χ1v) is 8.35. The Morgan fingerprint density at radius 3 is 2.62 bits per heavy atom. The third-order valence-corrected chi connectivity index (χ3v) is 5.00. The molecule has 0 aliphatic heterocycles. The van der Waals surface area contributed by atoms with Crippen molar-refractivity contribution in [3.05, 3.63) is 45.5 Å². The van der Waals surface area contributed by atoms with Crippen molar-refractivity contribution in [2.24, 2.45) is 12.0 Å². The molecule has 0 aliphatic rings. The number of benzene rings is 1. The number of carbonyl (C=O) groups excluding carboxylic acids is 1. The normalized spacial score (nSPS) is 11.9. The lowest BCUT2D eigenvalue weighted by Gasteiger charge is -2.03. The molecule has 3 rings (SSSR count). The summed E-state index contributed by atoms with van der Waals surface area (Å²) in [5.74, 6) is 2.30. The van der Waals surface area contributed by atoms with Crippen molar-refractivity contribution in [3.63, 3.8) is 0 Å². The quantitative estimate of drug-likeness (QED) is 0.675. The molecular formula is C18H18N4OS. The number of rotatable bonds is 2. The Labute approximate surface area is 144 Å². The van der Waals surface area contributed by atoms with Crippen LogP contribution in [0.15, 0.2) is 23.3 Å². The van der Waals surface area contributed by atoms with Crippen LogP contribution in [0.3, 0.4) is 0 Å². The molecule has 0 saturated carbocycles. The Hall–Kier alpha value is -2.65. The molecule has 6 heteroatoms. The van der Waals surface area contributed by atoms with Gasteiger partial charge in [-0.1, -0.05) is 17.3 Å². The molecule has 3 aromatic rings. The van der Waals surface area contributed by atoms with Crippen LogP contribution in [-0.2, 0) is 13.6 Å². The van der Waals surface area contributed by atoms with E-state index in [0.29, 0.717) is 17.0 Å². The van der Waals surface area contributed by atoms with Gasteiger partial charge in [-0.3, -0.25) is 9.48 Å². The van der Waals surface area contributed by atoms with Crippen molar-refractivity contribution < 1.29 is 4.79 Å². The van der Waals surface area contributed by atoms with Gasteiger partial charge < -0.3 is 4.57 Å². The van der Waals surface area contributed by atoms with Gasteiger partial charge in [0.25, 0.3) is 5.91 Å². The molecule has 5 nitrogen and oxygen atoms in total. The molecule has 1 aromatic carbocycles. The van der Waals surface area contributed by atoms with Crippen molar-refractivity contribution >= 4 is 27.5 Å². The van der Waals surface area contributed by atoms with Gasteiger partial charge in [0.05, 0.1) is 16.8 Å². The molecule has 0 aliphatic carbocycles. The van der Waals surface area contributed by atoms with Crippen molar-refractivity contribution in [2.75, 3.05) is 0 Å². The molecule has 1 amide bonds. The monoisotopic (exact) mass is 338 g/mol. The zero-order valence-electron chi connectivity index (χ0n) is 14.1. The van der Waals surface area contributed by atoms with E-state index < -0.39 is 0 Å². The number of hydrogen-bond acceptors (Lipinski definition) is 3. The highest BCUT2D eigenvalue weighted by atomic mass is 32.1. The van der Waals surface area contributed by atoms with E-state index in [-0.39, 0.29) is 5.91 Å². The van der Waals surface area contributed by atoms with Gasteiger partial charge in [0.1, 0.15) is 0 Å². The van der Waals surface area contributed by atoms with Crippen LogP contribution < -0.4 is 4.80 Å². The summed E-state index contributed by atoms with van der Waals surface area (Å²) < 4.78 is 4.59. The average Bonchev–Trinajstić information content (AvgIpc) is 3.01. The number of terminal acetylenes is 1.